The van der Waals surface area contributed by atoms with Crippen LogP contribution in [0, 0.1) is 0 Å². The van der Waals surface area contributed by atoms with Gasteiger partial charge in [-0.3, -0.25) is 14.6 Å². The zero-order chi connectivity index (χ0) is 23.7. The Morgan fingerprint density at radius 1 is 1.00 bits per heavy atom. The summed E-state index contributed by atoms with van der Waals surface area (Å²) in [5.74, 6) is 0.154. The second-order valence-electron chi connectivity index (χ2n) is 8.42. The normalized spacial score (nSPS) is 22.5. The van der Waals surface area contributed by atoms with E-state index in [-0.39, 0.29) is 23.3 Å². The molecule has 1 fully saturated rings. The lowest BCUT2D eigenvalue weighted by molar-refractivity contribution is -0.131. The minimum atomic E-state index is -3.72. The Labute approximate surface area is 197 Å². The highest BCUT2D eigenvalue weighted by Crippen LogP contribution is 2.37. The van der Waals surface area contributed by atoms with Crippen molar-refractivity contribution in [2.45, 2.75) is 30.1 Å². The summed E-state index contributed by atoms with van der Waals surface area (Å²) < 4.78 is 28.0. The van der Waals surface area contributed by atoms with Gasteiger partial charge in [-0.2, -0.15) is 0 Å². The van der Waals surface area contributed by atoms with Crippen molar-refractivity contribution >= 4 is 45.4 Å². The van der Waals surface area contributed by atoms with Crippen molar-refractivity contribution in [1.82, 2.24) is 19.6 Å². The molecule has 2 amide bonds. The summed E-state index contributed by atoms with van der Waals surface area (Å²) in [6, 6.07) is 6.25. The Morgan fingerprint density at radius 2 is 1.79 bits per heavy atom. The first-order valence-corrected chi connectivity index (χ1v) is 12.7. The van der Waals surface area contributed by atoms with E-state index in [1.165, 1.54) is 24.7 Å². The third-order valence-corrected chi connectivity index (χ3v) is 7.70. The Morgan fingerprint density at radius 3 is 2.62 bits per heavy atom. The molecule has 4 aliphatic rings. The fourth-order valence-electron chi connectivity index (χ4n) is 4.40. The second kappa shape index (κ2) is 9.11. The van der Waals surface area contributed by atoms with Crippen LogP contribution in [0.3, 0.4) is 0 Å². The number of anilines is 2. The smallest absolute Gasteiger partial charge is 0.240 e. The van der Waals surface area contributed by atoms with Crippen LogP contribution >= 0.6 is 0 Å². The van der Waals surface area contributed by atoms with E-state index in [1.54, 1.807) is 12.1 Å². The highest BCUT2D eigenvalue weighted by Gasteiger charge is 2.36. The maximum absolute atomic E-state index is 12.7. The van der Waals surface area contributed by atoms with Crippen molar-refractivity contribution in [1.29, 1.82) is 0 Å². The average molecular weight is 484 g/mol. The van der Waals surface area contributed by atoms with Gasteiger partial charge in [-0.15, -0.1) is 0 Å². The molecule has 4 aliphatic heterocycles. The fraction of sp³-hybridized carbons (Fsp3) is 0.409. The number of fused-ring (bicyclic) bond motifs is 8. The highest BCUT2D eigenvalue weighted by atomic mass is 32.2. The first kappa shape index (κ1) is 22.4. The monoisotopic (exact) mass is 483 g/mol. The fourth-order valence-corrected chi connectivity index (χ4v) is 5.51. The largest absolute Gasteiger partial charge is 0.353 e. The number of aromatic nitrogens is 2. The molecule has 178 valence electrons. The average Bonchev–Trinajstić information content (AvgIpc) is 3.17. The van der Waals surface area contributed by atoms with E-state index in [1.807, 2.05) is 4.90 Å². The molecule has 12 heteroatoms. The van der Waals surface area contributed by atoms with E-state index in [0.717, 1.165) is 0 Å². The van der Waals surface area contributed by atoms with E-state index in [9.17, 15) is 18.0 Å². The van der Waals surface area contributed by atoms with Crippen LogP contribution in [0.2, 0.25) is 0 Å². The van der Waals surface area contributed by atoms with Crippen LogP contribution in [0.1, 0.15) is 30.7 Å². The molecule has 1 aromatic heterocycles. The predicted octanol–water partition coefficient (Wildman–Crippen LogP) is 1.03. The second-order valence-corrected chi connectivity index (χ2v) is 10.2. The van der Waals surface area contributed by atoms with Crippen molar-refractivity contribution in [3.63, 3.8) is 0 Å². The number of piperazine rings is 1. The number of amides is 2. The molecule has 2 aromatic rings. The third kappa shape index (κ3) is 4.38. The Bertz CT molecular complexity index is 1260. The number of aliphatic imine (C=N–C) groups is 1. The summed E-state index contributed by atoms with van der Waals surface area (Å²) in [6.07, 6.45) is 4.45. The topological polar surface area (TPSA) is 137 Å². The maximum Gasteiger partial charge on any atom is 0.240 e. The molecule has 0 spiro atoms. The van der Waals surface area contributed by atoms with Gasteiger partial charge in [-0.05, 0) is 31.0 Å². The van der Waals surface area contributed by atoms with Gasteiger partial charge < -0.3 is 15.1 Å². The number of carbonyl (C=O) groups is 2. The summed E-state index contributed by atoms with van der Waals surface area (Å²) in [6.45, 7) is 2.53. The van der Waals surface area contributed by atoms with Gasteiger partial charge >= 0.3 is 0 Å². The molecule has 1 atom stereocenters. The lowest BCUT2D eigenvalue weighted by atomic mass is 10.0. The van der Waals surface area contributed by atoms with Crippen LogP contribution in [0.5, 0.6) is 0 Å². The van der Waals surface area contributed by atoms with Gasteiger partial charge in [0, 0.05) is 45.4 Å². The lowest BCUT2D eigenvalue weighted by Gasteiger charge is -2.36. The number of hydrogen-bond donors (Lipinski definition) is 2. The summed E-state index contributed by atoms with van der Waals surface area (Å²) in [5, 5.41) is 2.78. The number of sulfonamides is 1. The summed E-state index contributed by atoms with van der Waals surface area (Å²) in [5.41, 5.74) is 1.05. The Hall–Kier alpha value is -3.38. The molecule has 0 aliphatic carbocycles. The Balaban J connectivity index is 1.52. The summed E-state index contributed by atoms with van der Waals surface area (Å²) in [4.78, 5) is 42.4. The van der Waals surface area contributed by atoms with Crippen LogP contribution < -0.4 is 14.9 Å². The number of hydrogen-bond acceptors (Lipinski definition) is 8. The molecule has 1 aromatic carbocycles. The molecule has 11 nitrogen and oxygen atoms in total. The first-order valence-electron chi connectivity index (χ1n) is 11.2. The number of benzene rings is 1. The van der Waals surface area contributed by atoms with Crippen LogP contribution in [-0.2, 0) is 19.6 Å². The van der Waals surface area contributed by atoms with Crippen LogP contribution in [0.25, 0.3) is 0 Å². The van der Waals surface area contributed by atoms with E-state index < -0.39 is 15.9 Å². The molecule has 4 bridgehead atoms. The maximum atomic E-state index is 12.7. The van der Waals surface area contributed by atoms with Crippen molar-refractivity contribution in [3.8, 4) is 0 Å². The molecule has 1 saturated heterocycles. The van der Waals surface area contributed by atoms with E-state index in [4.69, 9.17) is 0 Å². The highest BCUT2D eigenvalue weighted by molar-refractivity contribution is 7.89. The number of nitrogens with one attached hydrogen (secondary N) is 2. The molecular weight excluding hydrogens is 458 g/mol. The van der Waals surface area contributed by atoms with Gasteiger partial charge in [0.1, 0.15) is 23.9 Å². The van der Waals surface area contributed by atoms with Gasteiger partial charge in [0.15, 0.2) is 0 Å². The minimum absolute atomic E-state index is 0.0582. The quantitative estimate of drug-likeness (QED) is 0.571. The van der Waals surface area contributed by atoms with Crippen molar-refractivity contribution < 1.29 is 18.0 Å². The lowest BCUT2D eigenvalue weighted by Crippen LogP contribution is -2.49. The van der Waals surface area contributed by atoms with E-state index in [0.29, 0.717) is 68.3 Å². The van der Waals surface area contributed by atoms with Gasteiger partial charge in [-0.1, -0.05) is 6.07 Å². The van der Waals surface area contributed by atoms with Gasteiger partial charge in [-0.25, -0.2) is 23.1 Å². The molecule has 34 heavy (non-hydrogen) atoms. The Kier molecular flexibility index (Phi) is 6.00. The van der Waals surface area contributed by atoms with Crippen LogP contribution in [0.15, 0.2) is 40.5 Å². The van der Waals surface area contributed by atoms with E-state index >= 15 is 0 Å². The predicted molar refractivity (Wildman–Crippen MR) is 126 cm³/mol. The minimum Gasteiger partial charge on any atom is -0.353 e. The van der Waals surface area contributed by atoms with Gasteiger partial charge in [0.05, 0.1) is 16.1 Å². The third-order valence-electron chi connectivity index (χ3n) is 6.24. The van der Waals surface area contributed by atoms with Gasteiger partial charge in [0.25, 0.3) is 0 Å². The molecular formula is C22H25N7O4S. The van der Waals surface area contributed by atoms with Crippen LogP contribution in [0.4, 0.5) is 17.3 Å². The van der Waals surface area contributed by atoms with Crippen molar-refractivity contribution in [3.05, 3.63) is 36.2 Å². The van der Waals surface area contributed by atoms with Crippen molar-refractivity contribution in [2.75, 3.05) is 42.9 Å². The SMILES string of the molecule is O=C1Nc2ncnc3c2C1C=Nc1cccc(c1)S(=O)(=O)NCCCCC(=O)N1CCN3CC1. The van der Waals surface area contributed by atoms with Gasteiger partial charge in [0.2, 0.25) is 21.8 Å². The zero-order valence-electron chi connectivity index (χ0n) is 18.5. The molecule has 2 N–H and O–H groups in total. The number of nitrogens with zero attached hydrogens (tertiary/aromatic N) is 5. The van der Waals surface area contributed by atoms with Crippen LogP contribution in [-0.4, -0.2) is 74.0 Å². The van der Waals surface area contributed by atoms with E-state index in [2.05, 4.69) is 29.9 Å². The number of rotatable bonds is 0. The summed E-state index contributed by atoms with van der Waals surface area (Å²) in [7, 11) is -3.72. The molecule has 0 saturated carbocycles. The zero-order valence-corrected chi connectivity index (χ0v) is 19.3. The number of carbonyl (C=O) groups excluding carboxylic acids is 2. The molecule has 1 unspecified atom stereocenters. The molecule has 6 rings (SSSR count). The summed E-state index contributed by atoms with van der Waals surface area (Å²) >= 11 is 0. The molecule has 5 heterocycles. The standard InChI is InChI=1S/C22H25N7O4S/c30-18-6-1-2-7-26-34(32,33)16-5-3-4-15(12-16)23-13-17-19-20(27-22(17)31)24-14-25-21(19)29-10-8-28(18)9-11-29/h3-5,12-14,17,26H,1-2,6-11H2,(H,24,25,27,31). The molecule has 0 radical (unpaired) electrons. The van der Waals surface area contributed by atoms with Crippen molar-refractivity contribution in [2.24, 2.45) is 4.99 Å². The first-order chi connectivity index (χ1) is 16.4.